The lowest BCUT2D eigenvalue weighted by Gasteiger charge is -2.26. The molecule has 7 nitrogen and oxygen atoms in total. The second kappa shape index (κ2) is 17.9. The van der Waals surface area contributed by atoms with E-state index < -0.39 is 0 Å². The Bertz CT molecular complexity index is 418. The number of unbranched alkanes of at least 4 members (excludes halogenated alkanes) is 8. The summed E-state index contributed by atoms with van der Waals surface area (Å²) in [5, 5.41) is 28.5. The molecular formula is C23H44O7. The van der Waals surface area contributed by atoms with Crippen molar-refractivity contribution in [2.24, 2.45) is 17.8 Å². The zero-order valence-corrected chi connectivity index (χ0v) is 18.8. The lowest BCUT2D eigenvalue weighted by Crippen LogP contribution is -2.36. The van der Waals surface area contributed by atoms with E-state index >= 15 is 0 Å². The largest absolute Gasteiger partial charge is 0.463 e. The molecule has 1 saturated heterocycles. The fourth-order valence-electron chi connectivity index (χ4n) is 4.03. The van der Waals surface area contributed by atoms with Gasteiger partial charge >= 0.3 is 5.97 Å². The number of aliphatic hydroxyl groups is 3. The first kappa shape index (κ1) is 27.3. The summed E-state index contributed by atoms with van der Waals surface area (Å²) < 4.78 is 16.4. The van der Waals surface area contributed by atoms with Crippen molar-refractivity contribution < 1.29 is 34.3 Å². The van der Waals surface area contributed by atoms with Crippen molar-refractivity contribution in [1.29, 1.82) is 0 Å². The van der Waals surface area contributed by atoms with Gasteiger partial charge in [-0.1, -0.05) is 58.3 Å². The highest BCUT2D eigenvalue weighted by atomic mass is 16.6. The molecule has 1 heterocycles. The van der Waals surface area contributed by atoms with Crippen LogP contribution in [0.1, 0.15) is 71.1 Å². The molecule has 7 heteroatoms. The fourth-order valence-corrected chi connectivity index (χ4v) is 4.03. The van der Waals surface area contributed by atoms with Crippen LogP contribution in [0.15, 0.2) is 0 Å². The first-order chi connectivity index (χ1) is 14.7. The molecule has 0 aromatic heterocycles. The molecule has 3 N–H and O–H groups in total. The lowest BCUT2D eigenvalue weighted by molar-refractivity contribution is -0.145. The summed E-state index contributed by atoms with van der Waals surface area (Å²) in [7, 11) is 0. The van der Waals surface area contributed by atoms with E-state index in [1.165, 1.54) is 44.9 Å². The number of carbonyl (C=O) groups is 1. The molecule has 0 bridgehead atoms. The Labute approximate surface area is 182 Å². The van der Waals surface area contributed by atoms with E-state index in [2.05, 4.69) is 6.92 Å². The van der Waals surface area contributed by atoms with Crippen LogP contribution in [0.3, 0.4) is 0 Å². The van der Waals surface area contributed by atoms with Crippen LogP contribution in [0.2, 0.25) is 0 Å². The number of ether oxygens (including phenoxy) is 3. The molecular weight excluding hydrogens is 388 g/mol. The monoisotopic (exact) mass is 432 g/mol. The smallest absolute Gasteiger partial charge is 0.305 e. The van der Waals surface area contributed by atoms with Gasteiger partial charge in [-0.05, 0) is 6.42 Å². The van der Waals surface area contributed by atoms with Gasteiger partial charge in [-0.2, -0.15) is 0 Å². The normalized spacial score (nSPS) is 22.3. The van der Waals surface area contributed by atoms with E-state index in [1.54, 1.807) is 0 Å². The van der Waals surface area contributed by atoms with Crippen LogP contribution in [0.25, 0.3) is 0 Å². The van der Waals surface area contributed by atoms with Crippen LogP contribution in [0.4, 0.5) is 0 Å². The van der Waals surface area contributed by atoms with Crippen molar-refractivity contribution in [3.8, 4) is 0 Å². The molecule has 4 atom stereocenters. The van der Waals surface area contributed by atoms with Gasteiger partial charge < -0.3 is 29.5 Å². The second-order valence-electron chi connectivity index (χ2n) is 8.40. The van der Waals surface area contributed by atoms with E-state index in [-0.39, 0.29) is 69.5 Å². The van der Waals surface area contributed by atoms with Crippen LogP contribution in [-0.4, -0.2) is 73.6 Å². The van der Waals surface area contributed by atoms with E-state index in [9.17, 15) is 20.1 Å². The number of rotatable bonds is 19. The maximum Gasteiger partial charge on any atom is 0.305 e. The quantitative estimate of drug-likeness (QED) is 0.213. The minimum absolute atomic E-state index is 0.0460. The van der Waals surface area contributed by atoms with Gasteiger partial charge in [0.2, 0.25) is 0 Å². The molecule has 30 heavy (non-hydrogen) atoms. The molecule has 0 aliphatic carbocycles. The Morgan fingerprint density at radius 3 is 2.23 bits per heavy atom. The van der Waals surface area contributed by atoms with E-state index in [0.717, 1.165) is 12.8 Å². The minimum atomic E-state index is -0.341. The third kappa shape index (κ3) is 11.0. The molecule has 1 rings (SSSR count). The fraction of sp³-hybridized carbons (Fsp3) is 0.957. The Hall–Kier alpha value is -0.730. The third-order valence-corrected chi connectivity index (χ3v) is 5.98. The zero-order valence-electron chi connectivity index (χ0n) is 18.8. The highest BCUT2D eigenvalue weighted by molar-refractivity contribution is 5.69. The van der Waals surface area contributed by atoms with Gasteiger partial charge in [-0.25, -0.2) is 0 Å². The maximum atomic E-state index is 11.8. The summed E-state index contributed by atoms with van der Waals surface area (Å²) in [5.74, 6) is -0.789. The van der Waals surface area contributed by atoms with Crippen molar-refractivity contribution in [3.05, 3.63) is 0 Å². The van der Waals surface area contributed by atoms with Crippen LogP contribution in [-0.2, 0) is 19.0 Å². The molecule has 0 spiro atoms. The summed E-state index contributed by atoms with van der Waals surface area (Å²) in [6, 6.07) is 0. The Morgan fingerprint density at radius 2 is 1.63 bits per heavy atom. The van der Waals surface area contributed by atoms with E-state index in [1.807, 2.05) is 0 Å². The second-order valence-corrected chi connectivity index (χ2v) is 8.40. The number of hydrogen-bond donors (Lipinski definition) is 3. The van der Waals surface area contributed by atoms with Gasteiger partial charge in [0.05, 0.1) is 32.5 Å². The highest BCUT2D eigenvalue weighted by Crippen LogP contribution is 2.31. The molecule has 0 aromatic carbocycles. The number of hydrogen-bond acceptors (Lipinski definition) is 7. The molecule has 0 amide bonds. The SMILES string of the molecule is CCCCCCCCCCCC(=O)OCCOCC(CO)C1OCC(CO)C1CO. The third-order valence-electron chi connectivity index (χ3n) is 5.98. The molecule has 0 aromatic rings. The molecule has 1 aliphatic rings. The topological polar surface area (TPSA) is 105 Å². The predicted octanol–water partition coefficient (Wildman–Crippen LogP) is 2.69. The van der Waals surface area contributed by atoms with Crippen LogP contribution in [0.5, 0.6) is 0 Å². The Morgan fingerprint density at radius 1 is 0.967 bits per heavy atom. The number of esters is 1. The molecule has 0 radical (unpaired) electrons. The van der Waals surface area contributed by atoms with Crippen molar-refractivity contribution in [3.63, 3.8) is 0 Å². The first-order valence-corrected chi connectivity index (χ1v) is 11.8. The van der Waals surface area contributed by atoms with E-state index in [0.29, 0.717) is 13.0 Å². The molecule has 0 saturated carbocycles. The van der Waals surface area contributed by atoms with Gasteiger partial charge in [-0.15, -0.1) is 0 Å². The molecule has 4 unspecified atom stereocenters. The van der Waals surface area contributed by atoms with Gasteiger partial charge in [0.15, 0.2) is 0 Å². The van der Waals surface area contributed by atoms with Gasteiger partial charge in [0.1, 0.15) is 6.61 Å². The van der Waals surface area contributed by atoms with Crippen LogP contribution >= 0.6 is 0 Å². The summed E-state index contributed by atoms with van der Waals surface area (Å²) in [6.07, 6.45) is 11.0. The van der Waals surface area contributed by atoms with Crippen molar-refractivity contribution in [2.75, 3.05) is 46.2 Å². The van der Waals surface area contributed by atoms with Gasteiger partial charge in [0, 0.05) is 37.4 Å². The lowest BCUT2D eigenvalue weighted by atomic mass is 9.86. The minimum Gasteiger partial charge on any atom is -0.463 e. The summed E-state index contributed by atoms with van der Waals surface area (Å²) in [4.78, 5) is 11.8. The zero-order chi connectivity index (χ0) is 22.0. The van der Waals surface area contributed by atoms with E-state index in [4.69, 9.17) is 14.2 Å². The van der Waals surface area contributed by atoms with Crippen molar-refractivity contribution in [2.45, 2.75) is 77.2 Å². The average Bonchev–Trinajstić information content (AvgIpc) is 3.18. The van der Waals surface area contributed by atoms with Crippen molar-refractivity contribution >= 4 is 5.97 Å². The highest BCUT2D eigenvalue weighted by Gasteiger charge is 2.40. The molecule has 1 fully saturated rings. The summed E-state index contributed by atoms with van der Waals surface area (Å²) in [5.41, 5.74) is 0. The molecule has 178 valence electrons. The number of aliphatic hydroxyl groups excluding tert-OH is 3. The summed E-state index contributed by atoms with van der Waals surface area (Å²) >= 11 is 0. The first-order valence-electron chi connectivity index (χ1n) is 11.8. The van der Waals surface area contributed by atoms with Crippen molar-refractivity contribution in [1.82, 2.24) is 0 Å². The maximum absolute atomic E-state index is 11.8. The van der Waals surface area contributed by atoms with Gasteiger partial charge in [0.25, 0.3) is 0 Å². The Balaban J connectivity index is 2.02. The number of carbonyl (C=O) groups excluding carboxylic acids is 1. The summed E-state index contributed by atoms with van der Waals surface area (Å²) in [6.45, 7) is 3.05. The van der Waals surface area contributed by atoms with Gasteiger partial charge in [-0.3, -0.25) is 4.79 Å². The van der Waals surface area contributed by atoms with Crippen LogP contribution in [0, 0.1) is 17.8 Å². The predicted molar refractivity (Wildman–Crippen MR) is 115 cm³/mol. The molecule has 1 aliphatic heterocycles. The standard InChI is InChI=1S/C23H44O7/c1-2-3-4-5-6-7-8-9-10-11-22(27)29-13-12-28-17-20(15-25)23-21(16-26)19(14-24)18-30-23/h19-21,23-26H,2-18H2,1H3. The van der Waals surface area contributed by atoms with Crippen LogP contribution < -0.4 is 0 Å². The Kier molecular flexibility index (Phi) is 16.3. The average molecular weight is 433 g/mol.